The monoisotopic (exact) mass is 443 g/mol. The number of benzene rings is 2. The lowest BCUT2D eigenvalue weighted by atomic mass is 10.0. The van der Waals surface area contributed by atoms with E-state index in [1.54, 1.807) is 18.2 Å². The summed E-state index contributed by atoms with van der Waals surface area (Å²) in [5.74, 6) is -1.57. The fourth-order valence-corrected chi connectivity index (χ4v) is 3.52. The molecule has 1 aromatic heterocycles. The zero-order valence-electron chi connectivity index (χ0n) is 15.7. The SMILES string of the molecule is CS(=O)(=O)NCCCn1nc(-c2cccc(C(F)(F)F)c2F)c(=O)c2ccccc21. The van der Waals surface area contributed by atoms with Crippen LogP contribution < -0.4 is 10.2 Å². The van der Waals surface area contributed by atoms with Gasteiger partial charge in [-0.2, -0.15) is 18.3 Å². The van der Waals surface area contributed by atoms with E-state index in [2.05, 4.69) is 9.82 Å². The van der Waals surface area contributed by atoms with Gasteiger partial charge in [0.15, 0.2) is 0 Å². The maximum absolute atomic E-state index is 14.6. The van der Waals surface area contributed by atoms with Crippen LogP contribution in [0.4, 0.5) is 17.6 Å². The van der Waals surface area contributed by atoms with E-state index >= 15 is 0 Å². The fourth-order valence-electron chi connectivity index (χ4n) is 3.01. The van der Waals surface area contributed by atoms with Crippen molar-refractivity contribution in [3.05, 3.63) is 64.1 Å². The summed E-state index contributed by atoms with van der Waals surface area (Å²) in [6, 6.07) is 8.97. The third-order valence-electron chi connectivity index (χ3n) is 4.33. The molecule has 0 radical (unpaired) electrons. The van der Waals surface area contributed by atoms with Crippen molar-refractivity contribution in [1.29, 1.82) is 0 Å². The fraction of sp³-hybridized carbons (Fsp3) is 0.263. The number of sulfonamides is 1. The smallest absolute Gasteiger partial charge is 0.287 e. The van der Waals surface area contributed by atoms with Gasteiger partial charge in [-0.3, -0.25) is 9.48 Å². The Morgan fingerprint density at radius 3 is 2.47 bits per heavy atom. The van der Waals surface area contributed by atoms with Gasteiger partial charge in [-0.1, -0.05) is 18.2 Å². The zero-order chi connectivity index (χ0) is 22.1. The minimum absolute atomic E-state index is 0.0915. The molecule has 0 saturated heterocycles. The summed E-state index contributed by atoms with van der Waals surface area (Å²) in [6.45, 7) is 0.241. The number of rotatable bonds is 6. The summed E-state index contributed by atoms with van der Waals surface area (Å²) in [6.07, 6.45) is -3.63. The number of aryl methyl sites for hydroxylation is 1. The minimum Gasteiger partial charge on any atom is -0.287 e. The van der Waals surface area contributed by atoms with E-state index in [-0.39, 0.29) is 24.9 Å². The lowest BCUT2D eigenvalue weighted by Crippen LogP contribution is -2.25. The molecular formula is C19H17F4N3O3S. The molecule has 0 atom stereocenters. The number of hydrogen-bond donors (Lipinski definition) is 1. The molecule has 3 rings (SSSR count). The molecule has 1 N–H and O–H groups in total. The summed E-state index contributed by atoms with van der Waals surface area (Å²) in [5.41, 5.74) is -2.79. The summed E-state index contributed by atoms with van der Waals surface area (Å²) in [5, 5.41) is 4.27. The highest BCUT2D eigenvalue weighted by molar-refractivity contribution is 7.88. The molecule has 6 nitrogen and oxygen atoms in total. The van der Waals surface area contributed by atoms with Crippen molar-refractivity contribution in [2.24, 2.45) is 0 Å². The van der Waals surface area contributed by atoms with Crippen LogP contribution >= 0.6 is 0 Å². The zero-order valence-corrected chi connectivity index (χ0v) is 16.5. The molecule has 0 spiro atoms. The molecule has 0 aliphatic rings. The second-order valence-corrected chi connectivity index (χ2v) is 8.44. The summed E-state index contributed by atoms with van der Waals surface area (Å²) in [7, 11) is -3.39. The number of alkyl halides is 3. The largest absolute Gasteiger partial charge is 0.419 e. The van der Waals surface area contributed by atoms with Crippen LogP contribution in [0, 0.1) is 5.82 Å². The van der Waals surface area contributed by atoms with E-state index in [9.17, 15) is 30.8 Å². The van der Waals surface area contributed by atoms with Gasteiger partial charge in [0.2, 0.25) is 15.5 Å². The van der Waals surface area contributed by atoms with Gasteiger partial charge in [0, 0.05) is 24.0 Å². The molecule has 2 aromatic carbocycles. The van der Waals surface area contributed by atoms with Crippen molar-refractivity contribution in [3.63, 3.8) is 0 Å². The second kappa shape index (κ2) is 8.15. The van der Waals surface area contributed by atoms with Gasteiger partial charge in [-0.05, 0) is 30.7 Å². The molecule has 0 aliphatic carbocycles. The average molecular weight is 443 g/mol. The molecule has 1 heterocycles. The highest BCUT2D eigenvalue weighted by Gasteiger charge is 2.35. The van der Waals surface area contributed by atoms with Gasteiger partial charge in [0.1, 0.15) is 11.5 Å². The van der Waals surface area contributed by atoms with Crippen LogP contribution in [0.3, 0.4) is 0 Å². The van der Waals surface area contributed by atoms with E-state index in [1.807, 2.05) is 0 Å². The van der Waals surface area contributed by atoms with E-state index < -0.39 is 44.3 Å². The molecule has 0 amide bonds. The normalized spacial score (nSPS) is 12.4. The predicted octanol–water partition coefficient (Wildman–Crippen LogP) is 3.16. The van der Waals surface area contributed by atoms with Gasteiger partial charge in [-0.25, -0.2) is 17.5 Å². The van der Waals surface area contributed by atoms with Crippen LogP contribution in [0.15, 0.2) is 47.3 Å². The Hall–Kier alpha value is -2.79. The van der Waals surface area contributed by atoms with Crippen LogP contribution in [0.25, 0.3) is 22.2 Å². The topological polar surface area (TPSA) is 81.1 Å². The lowest BCUT2D eigenvalue weighted by molar-refractivity contribution is -0.139. The van der Waals surface area contributed by atoms with Crippen LogP contribution in [0.5, 0.6) is 0 Å². The molecule has 0 unspecified atom stereocenters. The molecule has 160 valence electrons. The Labute approximate surface area is 169 Å². The van der Waals surface area contributed by atoms with Gasteiger partial charge < -0.3 is 0 Å². The first-order chi connectivity index (χ1) is 14.0. The quantitative estimate of drug-likeness (QED) is 0.469. The predicted molar refractivity (Wildman–Crippen MR) is 104 cm³/mol. The summed E-state index contributed by atoms with van der Waals surface area (Å²) in [4.78, 5) is 12.8. The van der Waals surface area contributed by atoms with Crippen molar-refractivity contribution in [2.45, 2.75) is 19.1 Å². The Bertz CT molecular complexity index is 1250. The molecule has 0 bridgehead atoms. The maximum atomic E-state index is 14.6. The second-order valence-electron chi connectivity index (χ2n) is 6.60. The van der Waals surface area contributed by atoms with E-state index in [1.165, 1.54) is 10.7 Å². The average Bonchev–Trinajstić information content (AvgIpc) is 2.66. The minimum atomic E-state index is -4.92. The Kier molecular flexibility index (Phi) is 5.95. The highest BCUT2D eigenvalue weighted by Crippen LogP contribution is 2.34. The van der Waals surface area contributed by atoms with Crippen molar-refractivity contribution >= 4 is 20.9 Å². The molecule has 30 heavy (non-hydrogen) atoms. The van der Waals surface area contributed by atoms with Crippen molar-refractivity contribution in [3.8, 4) is 11.3 Å². The first-order valence-corrected chi connectivity index (χ1v) is 10.7. The number of para-hydroxylation sites is 1. The molecule has 0 saturated carbocycles. The molecule has 3 aromatic rings. The van der Waals surface area contributed by atoms with Crippen molar-refractivity contribution < 1.29 is 26.0 Å². The third-order valence-corrected chi connectivity index (χ3v) is 5.06. The van der Waals surface area contributed by atoms with Gasteiger partial charge in [-0.15, -0.1) is 0 Å². The first-order valence-electron chi connectivity index (χ1n) is 8.79. The first kappa shape index (κ1) is 21.9. The summed E-state index contributed by atoms with van der Waals surface area (Å²) >= 11 is 0. The molecular weight excluding hydrogens is 426 g/mol. The molecule has 11 heteroatoms. The number of aromatic nitrogens is 2. The number of fused-ring (bicyclic) bond motifs is 1. The highest BCUT2D eigenvalue weighted by atomic mass is 32.2. The van der Waals surface area contributed by atoms with E-state index in [4.69, 9.17) is 0 Å². The van der Waals surface area contributed by atoms with Gasteiger partial charge >= 0.3 is 6.18 Å². The molecule has 0 aliphatic heterocycles. The van der Waals surface area contributed by atoms with Crippen LogP contribution in [-0.2, 0) is 22.7 Å². The number of hydrogen-bond acceptors (Lipinski definition) is 4. The van der Waals surface area contributed by atoms with E-state index in [0.29, 0.717) is 11.6 Å². The van der Waals surface area contributed by atoms with Gasteiger partial charge in [0.05, 0.1) is 17.3 Å². The number of nitrogens with zero attached hydrogens (tertiary/aromatic N) is 2. The number of halogens is 4. The van der Waals surface area contributed by atoms with Crippen LogP contribution in [0.2, 0.25) is 0 Å². The lowest BCUT2D eigenvalue weighted by Gasteiger charge is -2.14. The maximum Gasteiger partial charge on any atom is 0.419 e. The van der Waals surface area contributed by atoms with Gasteiger partial charge in [0.25, 0.3) is 0 Å². The molecule has 0 fully saturated rings. The standard InChI is InChI=1S/C19H17F4N3O3S/c1-30(28,29)24-10-5-11-26-15-9-3-2-6-12(15)18(27)17(25-26)13-7-4-8-14(16(13)20)19(21,22)23/h2-4,6-9,24H,5,10-11H2,1H3. The Morgan fingerprint density at radius 2 is 1.80 bits per heavy atom. The third kappa shape index (κ3) is 4.68. The Morgan fingerprint density at radius 1 is 1.10 bits per heavy atom. The number of nitrogens with one attached hydrogen (secondary N) is 1. The summed E-state index contributed by atoms with van der Waals surface area (Å²) < 4.78 is 79.9. The van der Waals surface area contributed by atoms with Crippen molar-refractivity contribution in [2.75, 3.05) is 12.8 Å². The van der Waals surface area contributed by atoms with Crippen LogP contribution in [0.1, 0.15) is 12.0 Å². The van der Waals surface area contributed by atoms with Crippen LogP contribution in [-0.4, -0.2) is 31.0 Å². The van der Waals surface area contributed by atoms with E-state index in [0.717, 1.165) is 18.4 Å². The Balaban J connectivity index is 2.11. The van der Waals surface area contributed by atoms with Crippen molar-refractivity contribution in [1.82, 2.24) is 14.5 Å².